The topological polar surface area (TPSA) is 52.8 Å². The van der Waals surface area contributed by atoms with Crippen LogP contribution in [0, 0.1) is 6.92 Å². The highest BCUT2D eigenvalue weighted by atomic mass is 32.2. The quantitative estimate of drug-likeness (QED) is 0.128. The summed E-state index contributed by atoms with van der Waals surface area (Å²) in [5.74, 6) is 1.96. The maximum Gasteiger partial charge on any atom is 0.130 e. The lowest BCUT2D eigenvalue weighted by Gasteiger charge is -2.12. The molecule has 6 heteroatoms. The van der Waals surface area contributed by atoms with Crippen molar-refractivity contribution in [1.29, 1.82) is 0 Å². The number of benzene rings is 3. The van der Waals surface area contributed by atoms with E-state index in [1.165, 1.54) is 34.3 Å². The Labute approximate surface area is 239 Å². The van der Waals surface area contributed by atoms with Crippen molar-refractivity contribution in [3.05, 3.63) is 114 Å². The first kappa shape index (κ1) is 26.1. The zero-order valence-electron chi connectivity index (χ0n) is 22.9. The van der Waals surface area contributed by atoms with Gasteiger partial charge in [-0.1, -0.05) is 61.9 Å². The average Bonchev–Trinajstić information content (AvgIpc) is 3.33. The number of hydrogen-bond donors (Lipinski definition) is 0. The number of aromatic nitrogens is 4. The largest absolute Gasteiger partial charge is 0.487 e. The molecule has 0 aliphatic carbocycles. The fraction of sp³-hybridized carbons (Fsp3) is 0.206. The summed E-state index contributed by atoms with van der Waals surface area (Å²) in [5, 5.41) is 12.1. The van der Waals surface area contributed by atoms with Crippen LogP contribution in [0.25, 0.3) is 33.1 Å². The summed E-state index contributed by atoms with van der Waals surface area (Å²) in [6.07, 6.45) is 2.39. The minimum atomic E-state index is 0.437. The first-order chi connectivity index (χ1) is 19.7. The third-order valence-corrected chi connectivity index (χ3v) is 8.14. The van der Waals surface area contributed by atoms with E-state index in [0.717, 1.165) is 51.6 Å². The number of unbranched alkanes of at least 4 members (excludes halogenated alkanes) is 1. The van der Waals surface area contributed by atoms with E-state index >= 15 is 0 Å². The van der Waals surface area contributed by atoms with Crippen LogP contribution in [-0.2, 0) is 13.2 Å². The Morgan fingerprint density at radius 3 is 2.52 bits per heavy atom. The van der Waals surface area contributed by atoms with Crippen LogP contribution in [0.15, 0.2) is 102 Å². The SMILES string of the molecule is CCCCSc1cc2cc(OCc3ccc4ccccc4n3)ccc2n1Cc1ccc(-c2ccc(C)nn2)cc1. The van der Waals surface area contributed by atoms with Gasteiger partial charge in [0, 0.05) is 28.4 Å². The lowest BCUT2D eigenvalue weighted by atomic mass is 10.1. The van der Waals surface area contributed by atoms with Gasteiger partial charge in [0.25, 0.3) is 0 Å². The molecule has 0 saturated carbocycles. The van der Waals surface area contributed by atoms with E-state index in [4.69, 9.17) is 9.72 Å². The van der Waals surface area contributed by atoms with E-state index in [1.807, 2.05) is 55.1 Å². The van der Waals surface area contributed by atoms with E-state index in [0.29, 0.717) is 6.61 Å². The number of hydrogen-bond acceptors (Lipinski definition) is 5. The minimum Gasteiger partial charge on any atom is -0.487 e. The number of nitrogens with zero attached hydrogens (tertiary/aromatic N) is 4. The highest BCUT2D eigenvalue weighted by Crippen LogP contribution is 2.32. The molecule has 6 rings (SSSR count). The smallest absolute Gasteiger partial charge is 0.130 e. The molecule has 3 aromatic heterocycles. The van der Waals surface area contributed by atoms with Crippen LogP contribution in [0.2, 0.25) is 0 Å². The average molecular weight is 545 g/mol. The Balaban J connectivity index is 1.23. The Bertz CT molecular complexity index is 1740. The normalized spacial score (nSPS) is 11.3. The molecule has 0 saturated heterocycles. The van der Waals surface area contributed by atoms with Gasteiger partial charge in [-0.2, -0.15) is 10.2 Å². The summed E-state index contributed by atoms with van der Waals surface area (Å²) in [5.41, 5.74) is 7.27. The van der Waals surface area contributed by atoms with Gasteiger partial charge in [0.2, 0.25) is 0 Å². The molecule has 0 fully saturated rings. The van der Waals surface area contributed by atoms with Crippen molar-refractivity contribution in [2.24, 2.45) is 0 Å². The summed E-state index contributed by atoms with van der Waals surface area (Å²) < 4.78 is 8.61. The second-order valence-electron chi connectivity index (χ2n) is 10.0. The van der Waals surface area contributed by atoms with E-state index in [2.05, 4.69) is 82.4 Å². The molecule has 0 atom stereocenters. The van der Waals surface area contributed by atoms with E-state index in [1.54, 1.807) is 0 Å². The standard InChI is InChI=1S/C34H32N4OS/c1-3-4-19-40-34-21-28-20-30(39-23-29-15-14-26-7-5-6-8-31(26)35-29)16-18-33(28)38(34)22-25-10-12-27(13-11-25)32-17-9-24(2)36-37-32/h5-18,20-21H,3-4,19,22-23H2,1-2H3. The molecule has 0 N–H and O–H groups in total. The van der Waals surface area contributed by atoms with Crippen LogP contribution < -0.4 is 4.74 Å². The summed E-state index contributed by atoms with van der Waals surface area (Å²) in [6, 6.07) is 33.7. The third-order valence-electron chi connectivity index (χ3n) is 7.01. The Hall–Kier alpha value is -4.16. The maximum atomic E-state index is 6.19. The number of aryl methyl sites for hydroxylation is 1. The molecule has 5 nitrogen and oxygen atoms in total. The fourth-order valence-electron chi connectivity index (χ4n) is 4.78. The van der Waals surface area contributed by atoms with Crippen molar-refractivity contribution in [2.45, 2.75) is 44.9 Å². The van der Waals surface area contributed by atoms with Crippen LogP contribution >= 0.6 is 11.8 Å². The molecule has 0 spiro atoms. The van der Waals surface area contributed by atoms with Gasteiger partial charge >= 0.3 is 0 Å². The monoisotopic (exact) mass is 544 g/mol. The molecule has 0 amide bonds. The zero-order chi connectivity index (χ0) is 27.3. The van der Waals surface area contributed by atoms with Gasteiger partial charge in [-0.15, -0.1) is 11.8 Å². The van der Waals surface area contributed by atoms with E-state index < -0.39 is 0 Å². The van der Waals surface area contributed by atoms with Crippen LogP contribution in [0.1, 0.15) is 36.7 Å². The summed E-state index contributed by atoms with van der Waals surface area (Å²) in [7, 11) is 0. The number of para-hydroxylation sites is 1. The summed E-state index contributed by atoms with van der Waals surface area (Å²) >= 11 is 1.93. The number of fused-ring (bicyclic) bond motifs is 2. The molecule has 0 aliphatic heterocycles. The van der Waals surface area contributed by atoms with Crippen LogP contribution in [-0.4, -0.2) is 25.5 Å². The Morgan fingerprint density at radius 1 is 0.825 bits per heavy atom. The van der Waals surface area contributed by atoms with Crippen molar-refractivity contribution in [3.8, 4) is 17.0 Å². The third kappa shape index (κ3) is 5.87. The molecule has 0 aliphatic rings. The van der Waals surface area contributed by atoms with Crippen molar-refractivity contribution in [1.82, 2.24) is 19.7 Å². The van der Waals surface area contributed by atoms with Crippen molar-refractivity contribution in [3.63, 3.8) is 0 Å². The number of rotatable bonds is 10. The van der Waals surface area contributed by atoms with Gasteiger partial charge < -0.3 is 9.30 Å². The van der Waals surface area contributed by atoms with Gasteiger partial charge in [-0.3, -0.25) is 0 Å². The Kier molecular flexibility index (Phi) is 7.78. The van der Waals surface area contributed by atoms with E-state index in [9.17, 15) is 0 Å². The lowest BCUT2D eigenvalue weighted by Crippen LogP contribution is -2.02. The zero-order valence-corrected chi connectivity index (χ0v) is 23.7. The van der Waals surface area contributed by atoms with Crippen molar-refractivity contribution >= 4 is 33.6 Å². The molecule has 200 valence electrons. The van der Waals surface area contributed by atoms with Gasteiger partial charge in [0.15, 0.2) is 0 Å². The van der Waals surface area contributed by atoms with Gasteiger partial charge in [0.1, 0.15) is 12.4 Å². The van der Waals surface area contributed by atoms with Gasteiger partial charge in [-0.25, -0.2) is 4.98 Å². The molecule has 6 aromatic rings. The molecule has 40 heavy (non-hydrogen) atoms. The van der Waals surface area contributed by atoms with Crippen LogP contribution in [0.5, 0.6) is 5.75 Å². The predicted molar refractivity (Wildman–Crippen MR) is 165 cm³/mol. The number of ether oxygens (including phenoxy) is 1. The molecule has 0 bridgehead atoms. The van der Waals surface area contributed by atoms with E-state index in [-0.39, 0.29) is 0 Å². The highest BCUT2D eigenvalue weighted by molar-refractivity contribution is 7.99. The molecular formula is C34H32N4OS. The molecule has 3 heterocycles. The first-order valence-electron chi connectivity index (χ1n) is 13.8. The molecule has 0 radical (unpaired) electrons. The van der Waals surface area contributed by atoms with Gasteiger partial charge in [0.05, 0.1) is 27.6 Å². The van der Waals surface area contributed by atoms with Crippen molar-refractivity contribution in [2.75, 3.05) is 5.75 Å². The maximum absolute atomic E-state index is 6.19. The predicted octanol–water partition coefficient (Wildman–Crippen LogP) is 8.47. The molecule has 3 aromatic carbocycles. The highest BCUT2D eigenvalue weighted by Gasteiger charge is 2.12. The first-order valence-corrected chi connectivity index (χ1v) is 14.8. The fourth-order valence-corrected chi connectivity index (χ4v) is 5.95. The number of pyridine rings is 1. The second kappa shape index (κ2) is 11.9. The number of thioether (sulfide) groups is 1. The second-order valence-corrected chi connectivity index (χ2v) is 11.1. The van der Waals surface area contributed by atoms with Crippen LogP contribution in [0.3, 0.4) is 0 Å². The molecule has 0 unspecified atom stereocenters. The minimum absolute atomic E-state index is 0.437. The lowest BCUT2D eigenvalue weighted by molar-refractivity contribution is 0.302. The van der Waals surface area contributed by atoms with Crippen molar-refractivity contribution < 1.29 is 4.74 Å². The summed E-state index contributed by atoms with van der Waals surface area (Å²) in [6.45, 7) is 5.44. The van der Waals surface area contributed by atoms with Gasteiger partial charge in [-0.05, 0) is 73.2 Å². The summed E-state index contributed by atoms with van der Waals surface area (Å²) in [4.78, 5) is 4.75. The van der Waals surface area contributed by atoms with Crippen LogP contribution in [0.4, 0.5) is 0 Å². The Morgan fingerprint density at radius 2 is 1.70 bits per heavy atom. The molecular weight excluding hydrogens is 512 g/mol.